The molecule has 5 heteroatoms. The third-order valence-electron chi connectivity index (χ3n) is 4.43. The molecular formula is C20H22ClN3O. The summed E-state index contributed by atoms with van der Waals surface area (Å²) in [5, 5.41) is 4.11. The van der Waals surface area contributed by atoms with Gasteiger partial charge in [0.1, 0.15) is 5.82 Å². The first-order valence-corrected chi connectivity index (χ1v) is 8.90. The molecule has 1 fully saturated rings. The summed E-state index contributed by atoms with van der Waals surface area (Å²) in [5.41, 5.74) is 1.85. The highest BCUT2D eigenvalue weighted by molar-refractivity contribution is 6.30. The number of anilines is 1. The molecule has 4 nitrogen and oxygen atoms in total. The summed E-state index contributed by atoms with van der Waals surface area (Å²) in [7, 11) is 0. The molecule has 1 aromatic heterocycles. The first-order valence-electron chi connectivity index (χ1n) is 8.53. The largest absolute Gasteiger partial charge is 0.367 e. The number of hydrogen-bond acceptors (Lipinski definition) is 3. The van der Waals surface area contributed by atoms with Gasteiger partial charge >= 0.3 is 0 Å². The van der Waals surface area contributed by atoms with Gasteiger partial charge in [0, 0.05) is 35.9 Å². The van der Waals surface area contributed by atoms with Gasteiger partial charge in [0.2, 0.25) is 0 Å². The van der Waals surface area contributed by atoms with Crippen LogP contribution < -0.4 is 5.32 Å². The summed E-state index contributed by atoms with van der Waals surface area (Å²) >= 11 is 5.88. The van der Waals surface area contributed by atoms with Crippen LogP contribution in [0, 0.1) is 0 Å². The predicted octanol–water partition coefficient (Wildman–Crippen LogP) is 4.18. The number of allylic oxidation sites excluding steroid dienone is 1. The second-order valence-corrected chi connectivity index (χ2v) is 6.70. The van der Waals surface area contributed by atoms with Crippen molar-refractivity contribution in [3.05, 3.63) is 71.4 Å². The number of halogens is 1. The lowest BCUT2D eigenvalue weighted by molar-refractivity contribution is 0.0718. The van der Waals surface area contributed by atoms with Crippen LogP contribution in [-0.4, -0.2) is 34.9 Å². The number of likely N-dealkylation sites (tertiary alicyclic amines) is 1. The van der Waals surface area contributed by atoms with Gasteiger partial charge in [-0.05, 0) is 55.2 Å². The Balaban J connectivity index is 1.52. The molecule has 0 bridgehead atoms. The Morgan fingerprint density at radius 1 is 1.24 bits per heavy atom. The fraction of sp³-hybridized carbons (Fsp3) is 0.300. The van der Waals surface area contributed by atoms with Gasteiger partial charge in [-0.2, -0.15) is 0 Å². The van der Waals surface area contributed by atoms with Gasteiger partial charge in [-0.1, -0.05) is 23.7 Å². The van der Waals surface area contributed by atoms with E-state index in [0.29, 0.717) is 16.6 Å². The van der Waals surface area contributed by atoms with Crippen molar-refractivity contribution < 1.29 is 4.79 Å². The molecule has 0 unspecified atom stereocenters. The van der Waals surface area contributed by atoms with E-state index in [1.165, 1.54) is 0 Å². The smallest absolute Gasteiger partial charge is 0.253 e. The van der Waals surface area contributed by atoms with Crippen molar-refractivity contribution >= 4 is 23.3 Å². The van der Waals surface area contributed by atoms with Crippen molar-refractivity contribution in [3.63, 3.8) is 0 Å². The number of piperidine rings is 1. The van der Waals surface area contributed by atoms with Crippen LogP contribution in [0.5, 0.6) is 0 Å². The second-order valence-electron chi connectivity index (χ2n) is 6.26. The number of pyridine rings is 1. The Morgan fingerprint density at radius 3 is 2.56 bits per heavy atom. The van der Waals surface area contributed by atoms with Crippen LogP contribution in [0.1, 0.15) is 28.8 Å². The van der Waals surface area contributed by atoms with E-state index in [-0.39, 0.29) is 5.91 Å². The molecule has 0 atom stereocenters. The molecule has 1 aliphatic rings. The molecule has 0 aliphatic carbocycles. The number of nitrogens with one attached hydrogen (secondary N) is 1. The molecule has 3 rings (SSSR count). The van der Waals surface area contributed by atoms with Crippen LogP contribution in [-0.2, 0) is 6.42 Å². The molecule has 0 saturated carbocycles. The Kier molecular flexibility index (Phi) is 5.71. The maximum absolute atomic E-state index is 12.5. The van der Waals surface area contributed by atoms with Gasteiger partial charge in [0.15, 0.2) is 0 Å². The average molecular weight is 356 g/mol. The third-order valence-corrected chi connectivity index (χ3v) is 4.68. The summed E-state index contributed by atoms with van der Waals surface area (Å²) in [6, 6.07) is 11.5. The lowest BCUT2D eigenvalue weighted by atomic mass is 10.0. The van der Waals surface area contributed by atoms with Crippen LogP contribution >= 0.6 is 11.6 Å². The van der Waals surface area contributed by atoms with Crippen LogP contribution in [0.4, 0.5) is 5.82 Å². The number of amides is 1. The molecule has 1 aromatic carbocycles. The molecule has 1 saturated heterocycles. The van der Waals surface area contributed by atoms with Gasteiger partial charge in [-0.25, -0.2) is 4.98 Å². The molecular weight excluding hydrogens is 334 g/mol. The second kappa shape index (κ2) is 8.17. The fourth-order valence-electron chi connectivity index (χ4n) is 3.01. The van der Waals surface area contributed by atoms with Crippen LogP contribution in [0.15, 0.2) is 55.3 Å². The molecule has 2 heterocycles. The maximum Gasteiger partial charge on any atom is 0.253 e. The van der Waals surface area contributed by atoms with Crippen molar-refractivity contribution in [3.8, 4) is 0 Å². The maximum atomic E-state index is 12.5. The van der Waals surface area contributed by atoms with E-state index in [4.69, 9.17) is 11.6 Å². The quantitative estimate of drug-likeness (QED) is 0.818. The Hall–Kier alpha value is -2.33. The average Bonchev–Trinajstić information content (AvgIpc) is 2.64. The van der Waals surface area contributed by atoms with Gasteiger partial charge in [0.05, 0.1) is 0 Å². The van der Waals surface area contributed by atoms with E-state index < -0.39 is 0 Å². The molecule has 0 radical (unpaired) electrons. The molecule has 1 amide bonds. The van der Waals surface area contributed by atoms with Gasteiger partial charge < -0.3 is 10.2 Å². The van der Waals surface area contributed by atoms with E-state index in [1.54, 1.807) is 24.3 Å². The summed E-state index contributed by atoms with van der Waals surface area (Å²) in [6.07, 6.45) is 6.41. The fourth-order valence-corrected chi connectivity index (χ4v) is 3.13. The van der Waals surface area contributed by atoms with Gasteiger partial charge in [0.25, 0.3) is 5.91 Å². The lowest BCUT2D eigenvalue weighted by Gasteiger charge is -2.32. The van der Waals surface area contributed by atoms with E-state index in [0.717, 1.165) is 43.7 Å². The van der Waals surface area contributed by atoms with Crippen molar-refractivity contribution in [1.29, 1.82) is 0 Å². The molecule has 25 heavy (non-hydrogen) atoms. The highest BCUT2D eigenvalue weighted by atomic mass is 35.5. The Morgan fingerprint density at radius 2 is 1.96 bits per heavy atom. The number of hydrogen-bond donors (Lipinski definition) is 1. The first kappa shape index (κ1) is 17.5. The third kappa shape index (κ3) is 4.60. The highest BCUT2D eigenvalue weighted by Gasteiger charge is 2.23. The highest BCUT2D eigenvalue weighted by Crippen LogP contribution is 2.18. The number of nitrogens with zero attached hydrogens (tertiary/aromatic N) is 2. The van der Waals surface area contributed by atoms with Crippen LogP contribution in [0.3, 0.4) is 0 Å². The van der Waals surface area contributed by atoms with E-state index in [9.17, 15) is 4.79 Å². The van der Waals surface area contributed by atoms with E-state index in [2.05, 4.69) is 22.9 Å². The van der Waals surface area contributed by atoms with E-state index in [1.807, 2.05) is 23.2 Å². The molecule has 1 N–H and O–H groups in total. The van der Waals surface area contributed by atoms with Crippen molar-refractivity contribution in [2.75, 3.05) is 18.4 Å². The van der Waals surface area contributed by atoms with E-state index >= 15 is 0 Å². The number of benzene rings is 1. The summed E-state index contributed by atoms with van der Waals surface area (Å²) in [4.78, 5) is 18.9. The summed E-state index contributed by atoms with van der Waals surface area (Å²) in [6.45, 7) is 5.22. The number of aromatic nitrogens is 1. The monoisotopic (exact) mass is 355 g/mol. The SMILES string of the molecule is C=CCc1ccc(NC2CCN(C(=O)c3ccc(Cl)cc3)CC2)nc1. The minimum Gasteiger partial charge on any atom is -0.367 e. The topological polar surface area (TPSA) is 45.2 Å². The first-order chi connectivity index (χ1) is 12.2. The summed E-state index contributed by atoms with van der Waals surface area (Å²) < 4.78 is 0. The number of carbonyl (C=O) groups excluding carboxylic acids is 1. The standard InChI is InChI=1S/C20H22ClN3O/c1-2-3-15-4-9-19(22-14-15)23-18-10-12-24(13-11-18)20(25)16-5-7-17(21)8-6-16/h2,4-9,14,18H,1,3,10-13H2,(H,22,23). The predicted molar refractivity (Wildman–Crippen MR) is 102 cm³/mol. The molecule has 1 aliphatic heterocycles. The molecule has 130 valence electrons. The zero-order valence-electron chi connectivity index (χ0n) is 14.1. The number of rotatable bonds is 5. The van der Waals surface area contributed by atoms with Crippen molar-refractivity contribution in [1.82, 2.24) is 9.88 Å². The molecule has 0 spiro atoms. The Labute approximate surface area is 153 Å². The lowest BCUT2D eigenvalue weighted by Crippen LogP contribution is -2.42. The van der Waals surface area contributed by atoms with Crippen LogP contribution in [0.2, 0.25) is 5.02 Å². The van der Waals surface area contributed by atoms with Gasteiger partial charge in [-0.15, -0.1) is 6.58 Å². The van der Waals surface area contributed by atoms with Crippen molar-refractivity contribution in [2.45, 2.75) is 25.3 Å². The van der Waals surface area contributed by atoms with Gasteiger partial charge in [-0.3, -0.25) is 4.79 Å². The minimum atomic E-state index is 0.0713. The van der Waals surface area contributed by atoms with Crippen molar-refractivity contribution in [2.24, 2.45) is 0 Å². The molecule has 2 aromatic rings. The normalized spacial score (nSPS) is 15.0. The minimum absolute atomic E-state index is 0.0713. The zero-order chi connectivity index (χ0) is 17.6. The van der Waals surface area contributed by atoms with Crippen LogP contribution in [0.25, 0.3) is 0 Å². The summed E-state index contributed by atoms with van der Waals surface area (Å²) in [5.74, 6) is 0.956. The number of carbonyl (C=O) groups is 1. The Bertz CT molecular complexity index is 720. The zero-order valence-corrected chi connectivity index (χ0v) is 14.9.